The number of ether oxygens (including phenoxy) is 2. The fourth-order valence-electron chi connectivity index (χ4n) is 5.36. The summed E-state index contributed by atoms with van der Waals surface area (Å²) in [5, 5.41) is 22.1. The Morgan fingerprint density at radius 1 is 0.615 bits per heavy atom. The van der Waals surface area contributed by atoms with Crippen LogP contribution in [0.15, 0.2) is 48.5 Å². The van der Waals surface area contributed by atoms with Crippen molar-refractivity contribution >= 4 is 17.3 Å². The summed E-state index contributed by atoms with van der Waals surface area (Å²) in [4.78, 5) is 37.2. The SMILES string of the molecule is O=[N+]([O-])c1ccc(Oc2nc(Oc3ccc([N+](=O)[O-])cc3)nc(N(C3CCCCC3)C3CCCCC3)n2)cc1. The maximum atomic E-state index is 11.0. The van der Waals surface area contributed by atoms with Crippen LogP contribution in [0.3, 0.4) is 0 Å². The van der Waals surface area contributed by atoms with E-state index in [0.29, 0.717) is 29.5 Å². The molecule has 5 rings (SSSR count). The molecule has 2 aliphatic rings. The van der Waals surface area contributed by atoms with Gasteiger partial charge in [0.15, 0.2) is 0 Å². The van der Waals surface area contributed by atoms with Gasteiger partial charge in [-0.05, 0) is 49.9 Å². The van der Waals surface area contributed by atoms with Crippen LogP contribution in [0.5, 0.6) is 23.5 Å². The molecule has 2 saturated carbocycles. The molecule has 0 radical (unpaired) electrons. The second-order valence-corrected chi connectivity index (χ2v) is 9.90. The van der Waals surface area contributed by atoms with Gasteiger partial charge in [-0.25, -0.2) is 0 Å². The molecular weight excluding hydrogens is 504 g/mol. The standard InChI is InChI=1S/C27H30N6O6/c34-32(35)21-11-15-23(16-12-21)38-26-28-25(29-27(30-26)39-24-17-13-22(14-18-24)33(36)37)31(19-7-3-1-4-8-19)20-9-5-2-6-10-20/h11-20H,1-10H2. The van der Waals surface area contributed by atoms with E-state index in [1.807, 2.05) is 0 Å². The highest BCUT2D eigenvalue weighted by Gasteiger charge is 2.32. The van der Waals surface area contributed by atoms with Crippen molar-refractivity contribution in [3.63, 3.8) is 0 Å². The number of hydrogen-bond acceptors (Lipinski definition) is 10. The quantitative estimate of drug-likeness (QED) is 0.213. The van der Waals surface area contributed by atoms with E-state index in [1.54, 1.807) is 0 Å². The van der Waals surface area contributed by atoms with Gasteiger partial charge >= 0.3 is 12.0 Å². The van der Waals surface area contributed by atoms with Gasteiger partial charge in [0.1, 0.15) is 11.5 Å². The molecular formula is C27H30N6O6. The van der Waals surface area contributed by atoms with Crippen LogP contribution in [0.1, 0.15) is 64.2 Å². The van der Waals surface area contributed by atoms with E-state index >= 15 is 0 Å². The first kappa shape index (κ1) is 26.3. The van der Waals surface area contributed by atoms with Crippen LogP contribution in [0.2, 0.25) is 0 Å². The minimum atomic E-state index is -0.479. The first-order valence-electron chi connectivity index (χ1n) is 13.4. The molecule has 0 saturated heterocycles. The maximum absolute atomic E-state index is 11.0. The van der Waals surface area contributed by atoms with Crippen LogP contribution in [-0.2, 0) is 0 Å². The van der Waals surface area contributed by atoms with Gasteiger partial charge in [-0.2, -0.15) is 9.97 Å². The lowest BCUT2D eigenvalue weighted by Gasteiger charge is -2.41. The molecule has 204 valence electrons. The molecule has 0 unspecified atom stereocenters. The van der Waals surface area contributed by atoms with Gasteiger partial charge in [0.25, 0.3) is 11.4 Å². The lowest BCUT2D eigenvalue weighted by molar-refractivity contribution is -0.385. The monoisotopic (exact) mass is 534 g/mol. The second kappa shape index (κ2) is 12.0. The Morgan fingerprint density at radius 3 is 1.36 bits per heavy atom. The number of anilines is 1. The van der Waals surface area contributed by atoms with Crippen molar-refractivity contribution in [1.82, 2.24) is 15.0 Å². The van der Waals surface area contributed by atoms with Crippen LogP contribution in [-0.4, -0.2) is 36.9 Å². The fourth-order valence-corrected chi connectivity index (χ4v) is 5.36. The van der Waals surface area contributed by atoms with Gasteiger partial charge in [-0.15, -0.1) is 4.98 Å². The highest BCUT2D eigenvalue weighted by Crippen LogP contribution is 2.35. The summed E-state index contributed by atoms with van der Waals surface area (Å²) in [5.41, 5.74) is -0.108. The Morgan fingerprint density at radius 2 is 1.00 bits per heavy atom. The third kappa shape index (κ3) is 6.57. The lowest BCUT2D eigenvalue weighted by Crippen LogP contribution is -2.46. The van der Waals surface area contributed by atoms with Crippen LogP contribution < -0.4 is 14.4 Å². The Kier molecular flexibility index (Phi) is 8.09. The Labute approximate surface area is 225 Å². The zero-order chi connectivity index (χ0) is 27.2. The minimum absolute atomic E-state index is 0.00221. The number of nitro groups is 2. The number of aromatic nitrogens is 3. The third-order valence-electron chi connectivity index (χ3n) is 7.26. The predicted molar refractivity (Wildman–Crippen MR) is 142 cm³/mol. The molecule has 0 spiro atoms. The second-order valence-electron chi connectivity index (χ2n) is 9.90. The molecule has 3 aromatic rings. The van der Waals surface area contributed by atoms with E-state index in [0.717, 1.165) is 51.4 Å². The average Bonchev–Trinajstić information content (AvgIpc) is 2.95. The van der Waals surface area contributed by atoms with Crippen molar-refractivity contribution in [2.45, 2.75) is 76.3 Å². The molecule has 1 aromatic heterocycles. The van der Waals surface area contributed by atoms with Gasteiger partial charge in [0.2, 0.25) is 5.95 Å². The lowest BCUT2D eigenvalue weighted by atomic mass is 9.89. The summed E-state index contributed by atoms with van der Waals surface area (Å²) < 4.78 is 11.9. The van der Waals surface area contributed by atoms with Crippen LogP contribution in [0.4, 0.5) is 17.3 Å². The Bertz CT molecular complexity index is 1200. The summed E-state index contributed by atoms with van der Waals surface area (Å²) in [7, 11) is 0. The first-order valence-corrected chi connectivity index (χ1v) is 13.4. The summed E-state index contributed by atoms with van der Waals surface area (Å²) in [6.07, 6.45) is 11.3. The Hall–Kier alpha value is -4.35. The normalized spacial score (nSPS) is 16.4. The molecule has 12 heteroatoms. The molecule has 0 aliphatic heterocycles. The van der Waals surface area contributed by atoms with Gasteiger partial charge in [-0.3, -0.25) is 20.2 Å². The Balaban J connectivity index is 1.50. The smallest absolute Gasteiger partial charge is 0.330 e. The molecule has 2 fully saturated rings. The van der Waals surface area contributed by atoms with E-state index in [4.69, 9.17) is 19.4 Å². The zero-order valence-corrected chi connectivity index (χ0v) is 21.5. The summed E-state index contributed by atoms with van der Waals surface area (Å²) >= 11 is 0. The first-order chi connectivity index (χ1) is 19.0. The summed E-state index contributed by atoms with van der Waals surface area (Å²) in [6.45, 7) is 0. The molecule has 1 heterocycles. The minimum Gasteiger partial charge on any atom is -0.424 e. The molecule has 2 aliphatic carbocycles. The van der Waals surface area contributed by atoms with E-state index in [1.165, 1.54) is 61.4 Å². The van der Waals surface area contributed by atoms with Crippen molar-refractivity contribution in [2.75, 3.05) is 4.90 Å². The van der Waals surface area contributed by atoms with Crippen molar-refractivity contribution in [1.29, 1.82) is 0 Å². The summed E-state index contributed by atoms with van der Waals surface area (Å²) in [6, 6.07) is 11.9. The molecule has 2 aromatic carbocycles. The zero-order valence-electron chi connectivity index (χ0n) is 21.5. The largest absolute Gasteiger partial charge is 0.424 e. The van der Waals surface area contributed by atoms with Crippen LogP contribution in [0.25, 0.3) is 0 Å². The van der Waals surface area contributed by atoms with Crippen molar-refractivity contribution in [3.05, 3.63) is 68.8 Å². The topological polar surface area (TPSA) is 147 Å². The predicted octanol–water partition coefficient (Wildman–Crippen LogP) is 6.74. The van der Waals surface area contributed by atoms with Gasteiger partial charge in [0, 0.05) is 36.3 Å². The van der Waals surface area contributed by atoms with Gasteiger partial charge in [0.05, 0.1) is 9.85 Å². The number of nitrogens with zero attached hydrogens (tertiary/aromatic N) is 6. The molecule has 0 atom stereocenters. The number of non-ortho nitro benzene ring substituents is 2. The van der Waals surface area contributed by atoms with Gasteiger partial charge in [-0.1, -0.05) is 38.5 Å². The van der Waals surface area contributed by atoms with E-state index < -0.39 is 9.85 Å². The van der Waals surface area contributed by atoms with Crippen LogP contribution in [0, 0.1) is 20.2 Å². The third-order valence-corrected chi connectivity index (χ3v) is 7.26. The van der Waals surface area contributed by atoms with Crippen molar-refractivity contribution < 1.29 is 19.3 Å². The highest BCUT2D eigenvalue weighted by atomic mass is 16.6. The highest BCUT2D eigenvalue weighted by molar-refractivity contribution is 5.41. The van der Waals surface area contributed by atoms with Gasteiger partial charge < -0.3 is 14.4 Å². The van der Waals surface area contributed by atoms with Crippen molar-refractivity contribution in [2.24, 2.45) is 0 Å². The molecule has 0 bridgehead atoms. The number of nitro benzene ring substituents is 2. The number of benzene rings is 2. The molecule has 0 amide bonds. The van der Waals surface area contributed by atoms with E-state index in [-0.39, 0.29) is 23.4 Å². The fraction of sp³-hybridized carbons (Fsp3) is 0.444. The number of hydrogen-bond donors (Lipinski definition) is 0. The van der Waals surface area contributed by atoms with E-state index in [2.05, 4.69) is 9.88 Å². The molecule has 0 N–H and O–H groups in total. The maximum Gasteiger partial charge on any atom is 0.330 e. The molecule has 39 heavy (non-hydrogen) atoms. The van der Waals surface area contributed by atoms with Crippen LogP contribution >= 0.6 is 0 Å². The summed E-state index contributed by atoms with van der Waals surface area (Å²) in [5.74, 6) is 1.14. The average molecular weight is 535 g/mol. The van der Waals surface area contributed by atoms with E-state index in [9.17, 15) is 20.2 Å². The molecule has 12 nitrogen and oxygen atoms in total. The number of rotatable bonds is 9. The van der Waals surface area contributed by atoms with Crippen molar-refractivity contribution in [3.8, 4) is 23.5 Å².